The number of nitrogens with zero attached hydrogens (tertiary/aromatic N) is 3. The molecule has 10 heteroatoms. The highest BCUT2D eigenvalue weighted by atomic mass is 35.5. The van der Waals surface area contributed by atoms with Gasteiger partial charge in [0.05, 0.1) is 23.6 Å². The maximum Gasteiger partial charge on any atom is 0.260 e. The van der Waals surface area contributed by atoms with Gasteiger partial charge in [0, 0.05) is 0 Å². The fourth-order valence-corrected chi connectivity index (χ4v) is 2.08. The van der Waals surface area contributed by atoms with Crippen LogP contribution >= 0.6 is 46.4 Å². The first-order valence-corrected chi connectivity index (χ1v) is 6.43. The van der Waals surface area contributed by atoms with Crippen LogP contribution < -0.4 is 10.8 Å². The maximum atomic E-state index is 11.5. The molecule has 0 unspecified atom stereocenters. The van der Waals surface area contributed by atoms with E-state index in [2.05, 4.69) is 9.97 Å². The van der Waals surface area contributed by atoms with E-state index in [1.54, 1.807) is 0 Å². The smallest absolute Gasteiger partial charge is 0.260 e. The van der Waals surface area contributed by atoms with E-state index in [-0.39, 0.29) is 50.9 Å². The molecule has 0 aromatic carbocycles. The number of carbonyl (C=O) groups is 1. The number of hydrogen-bond acceptors (Lipinski definition) is 5. The van der Waals surface area contributed by atoms with Gasteiger partial charge in [0.1, 0.15) is 15.5 Å². The van der Waals surface area contributed by atoms with E-state index in [0.29, 0.717) is 0 Å². The Morgan fingerprint density at radius 1 is 1.32 bits per heavy atom. The van der Waals surface area contributed by atoms with E-state index >= 15 is 0 Å². The molecular weight excluding hydrogens is 338 g/mol. The van der Waals surface area contributed by atoms with Crippen LogP contribution in [0.3, 0.4) is 0 Å². The second kappa shape index (κ2) is 5.68. The molecule has 0 bridgehead atoms. The Balaban J connectivity index is 2.48. The average molecular weight is 344 g/mol. The third-order valence-electron chi connectivity index (χ3n) is 2.21. The summed E-state index contributed by atoms with van der Waals surface area (Å²) in [7, 11) is 0. The van der Waals surface area contributed by atoms with Gasteiger partial charge < -0.3 is 5.73 Å². The number of nitrogen functional groups attached to an aromatic ring is 1. The normalized spacial score (nSPS) is 14.9. The summed E-state index contributed by atoms with van der Waals surface area (Å²) in [4.78, 5) is 24.3. The minimum Gasteiger partial charge on any atom is -0.383 e. The Hall–Kier alpha value is -0.790. The van der Waals surface area contributed by atoms with Gasteiger partial charge in [-0.25, -0.2) is 0 Å². The molecule has 1 fully saturated rings. The Bertz CT molecular complexity index is 550. The summed E-state index contributed by atoms with van der Waals surface area (Å²) >= 11 is 22.9. The molecule has 0 aliphatic carbocycles. The summed E-state index contributed by atoms with van der Waals surface area (Å²) in [5.41, 5.74) is 5.81. The molecule has 1 aliphatic rings. The number of hydrogen-bond donors (Lipinski definition) is 1. The molecule has 0 spiro atoms. The van der Waals surface area contributed by atoms with Crippen molar-refractivity contribution >= 4 is 69.1 Å². The number of amides is 1. The predicted molar refractivity (Wildman–Crippen MR) is 74.0 cm³/mol. The van der Waals surface area contributed by atoms with Gasteiger partial charge in [0.15, 0.2) is 0 Å². The maximum absolute atomic E-state index is 11.5. The van der Waals surface area contributed by atoms with Crippen LogP contribution in [0, 0.1) is 0 Å². The lowest BCUT2D eigenvalue weighted by Gasteiger charge is -2.14. The molecule has 2 N–H and O–H groups in total. The lowest BCUT2D eigenvalue weighted by molar-refractivity contribution is -0.119. The van der Waals surface area contributed by atoms with Crippen molar-refractivity contribution in [1.29, 1.82) is 0 Å². The Morgan fingerprint density at radius 3 is 2.47 bits per heavy atom. The monoisotopic (exact) mass is 342 g/mol. The summed E-state index contributed by atoms with van der Waals surface area (Å²) < 4.78 is -0.222. The number of hydroxylamine groups is 1. The van der Waals surface area contributed by atoms with Gasteiger partial charge in [-0.15, -0.1) is 0 Å². The van der Waals surface area contributed by atoms with Crippen LogP contribution in [0.15, 0.2) is 4.49 Å². The molecule has 102 valence electrons. The molecule has 2 rings (SSSR count). The fourth-order valence-electron chi connectivity index (χ4n) is 1.39. The standard InChI is InChI=1S/C9H6Cl4N4O2/c10-5(6(11)12)4-7(13)15-9(16-8(4)14)17-3(18)1-2-19-17/h1-2H2,(H2,14,15,16). The first-order chi connectivity index (χ1) is 8.91. The highest BCUT2D eigenvalue weighted by Gasteiger charge is 2.28. The van der Waals surface area contributed by atoms with E-state index in [9.17, 15) is 4.79 Å². The first-order valence-electron chi connectivity index (χ1n) is 4.92. The number of nitrogens with two attached hydrogens (primary N) is 1. The zero-order chi connectivity index (χ0) is 14.2. The van der Waals surface area contributed by atoms with Crippen LogP contribution in [0.5, 0.6) is 0 Å². The van der Waals surface area contributed by atoms with Crippen LogP contribution in [-0.4, -0.2) is 22.5 Å². The molecule has 0 atom stereocenters. The van der Waals surface area contributed by atoms with E-state index in [1.165, 1.54) is 0 Å². The molecule has 1 aromatic rings. The molecule has 0 saturated carbocycles. The molecule has 1 saturated heterocycles. The Labute approximate surface area is 128 Å². The van der Waals surface area contributed by atoms with Crippen LogP contribution in [0.2, 0.25) is 5.15 Å². The lowest BCUT2D eigenvalue weighted by Crippen LogP contribution is -2.25. The molecule has 1 amide bonds. The van der Waals surface area contributed by atoms with Crippen LogP contribution in [0.25, 0.3) is 5.03 Å². The van der Waals surface area contributed by atoms with Gasteiger partial charge in [-0.2, -0.15) is 15.0 Å². The minimum absolute atomic E-state index is 0.0658. The van der Waals surface area contributed by atoms with E-state index in [1.807, 2.05) is 0 Å². The van der Waals surface area contributed by atoms with Crippen molar-refractivity contribution in [3.63, 3.8) is 0 Å². The van der Waals surface area contributed by atoms with Gasteiger partial charge in [0.25, 0.3) is 11.9 Å². The SMILES string of the molecule is Nc1nc(N2OCCC2=O)nc(Cl)c1C(Cl)=C(Cl)Cl. The van der Waals surface area contributed by atoms with Crippen molar-refractivity contribution < 1.29 is 9.63 Å². The van der Waals surface area contributed by atoms with Crippen molar-refractivity contribution in [1.82, 2.24) is 9.97 Å². The van der Waals surface area contributed by atoms with Gasteiger partial charge in [0.2, 0.25) is 0 Å². The summed E-state index contributed by atoms with van der Waals surface area (Å²) in [5, 5.41) is 0.756. The van der Waals surface area contributed by atoms with Crippen LogP contribution in [0.4, 0.5) is 11.8 Å². The third-order valence-corrected chi connectivity index (χ3v) is 3.43. The van der Waals surface area contributed by atoms with Crippen molar-refractivity contribution in [3.8, 4) is 0 Å². The molecule has 6 nitrogen and oxygen atoms in total. The number of anilines is 2. The number of rotatable bonds is 2. The topological polar surface area (TPSA) is 81.3 Å². The Kier molecular flexibility index (Phi) is 4.37. The summed E-state index contributed by atoms with van der Waals surface area (Å²) in [6.07, 6.45) is 0.233. The molecule has 19 heavy (non-hydrogen) atoms. The van der Waals surface area contributed by atoms with Crippen molar-refractivity contribution in [2.24, 2.45) is 0 Å². The Morgan fingerprint density at radius 2 is 2.00 bits per heavy atom. The van der Waals surface area contributed by atoms with E-state index in [0.717, 1.165) is 5.06 Å². The van der Waals surface area contributed by atoms with E-state index < -0.39 is 0 Å². The molecule has 1 aliphatic heterocycles. The van der Waals surface area contributed by atoms with Crippen molar-refractivity contribution in [2.45, 2.75) is 6.42 Å². The predicted octanol–water partition coefficient (Wildman–Crippen LogP) is 2.72. The fraction of sp³-hybridized carbons (Fsp3) is 0.222. The summed E-state index contributed by atoms with van der Waals surface area (Å²) in [6.45, 7) is 0.246. The van der Waals surface area contributed by atoms with Crippen LogP contribution in [0.1, 0.15) is 12.0 Å². The first kappa shape index (κ1) is 14.6. The number of aromatic nitrogens is 2. The highest BCUT2D eigenvalue weighted by Crippen LogP contribution is 2.36. The minimum atomic E-state index is -0.291. The molecule has 1 aromatic heterocycles. The largest absolute Gasteiger partial charge is 0.383 e. The van der Waals surface area contributed by atoms with Gasteiger partial charge in [-0.3, -0.25) is 9.63 Å². The van der Waals surface area contributed by atoms with Crippen LogP contribution in [-0.2, 0) is 9.63 Å². The van der Waals surface area contributed by atoms with Crippen molar-refractivity contribution in [2.75, 3.05) is 17.4 Å². The van der Waals surface area contributed by atoms with Gasteiger partial charge in [-0.1, -0.05) is 46.4 Å². The number of halogens is 4. The van der Waals surface area contributed by atoms with Crippen molar-refractivity contribution in [3.05, 3.63) is 15.2 Å². The quantitative estimate of drug-likeness (QED) is 0.835. The molecule has 0 radical (unpaired) electrons. The molecule has 2 heterocycles. The second-order valence-electron chi connectivity index (χ2n) is 3.42. The number of carbonyl (C=O) groups excluding carboxylic acids is 1. The zero-order valence-electron chi connectivity index (χ0n) is 9.16. The van der Waals surface area contributed by atoms with E-state index in [4.69, 9.17) is 57.0 Å². The van der Waals surface area contributed by atoms with Gasteiger partial charge in [-0.05, 0) is 0 Å². The third kappa shape index (κ3) is 2.88. The lowest BCUT2D eigenvalue weighted by atomic mass is 10.3. The highest BCUT2D eigenvalue weighted by molar-refractivity contribution is 6.67. The average Bonchev–Trinajstić information content (AvgIpc) is 2.74. The summed E-state index contributed by atoms with van der Waals surface area (Å²) in [6, 6.07) is 0. The molecular formula is C9H6Cl4N4O2. The summed E-state index contributed by atoms with van der Waals surface area (Å²) in [5.74, 6) is -0.425. The van der Waals surface area contributed by atoms with Gasteiger partial charge >= 0.3 is 0 Å². The second-order valence-corrected chi connectivity index (χ2v) is 5.11. The zero-order valence-corrected chi connectivity index (χ0v) is 12.2.